The Morgan fingerprint density at radius 3 is 2.38 bits per heavy atom. The molecule has 0 bridgehead atoms. The third kappa shape index (κ3) is 3.59. The Labute approximate surface area is 146 Å². The molecule has 2 amide bonds. The number of benzene rings is 1. The quantitative estimate of drug-likeness (QED) is 0.745. The molecule has 130 valence electrons. The molecule has 1 atom stereocenters. The Morgan fingerprint density at radius 2 is 1.79 bits per heavy atom. The van der Waals surface area contributed by atoms with Gasteiger partial charge < -0.3 is 9.80 Å². The summed E-state index contributed by atoms with van der Waals surface area (Å²) in [6.07, 6.45) is 2.18. The van der Waals surface area contributed by atoms with E-state index in [0.717, 1.165) is 10.6 Å². The van der Waals surface area contributed by atoms with Gasteiger partial charge in [0.25, 0.3) is 0 Å². The van der Waals surface area contributed by atoms with E-state index in [1.807, 2.05) is 30.5 Å². The molecule has 2 heterocycles. The van der Waals surface area contributed by atoms with Gasteiger partial charge in [-0.05, 0) is 30.5 Å². The Kier molecular flexibility index (Phi) is 4.87. The van der Waals surface area contributed by atoms with Crippen LogP contribution in [0.25, 0.3) is 0 Å². The first-order valence-electron chi connectivity index (χ1n) is 7.83. The molecule has 1 aromatic rings. The zero-order valence-electron chi connectivity index (χ0n) is 13.5. The van der Waals surface area contributed by atoms with Gasteiger partial charge in [0, 0.05) is 36.6 Å². The smallest absolute Gasteiger partial charge is 0.228 e. The minimum absolute atomic E-state index is 0.0132. The fourth-order valence-electron chi connectivity index (χ4n) is 3.08. The number of carbonyl (C=O) groups excluding carboxylic acids is 2. The molecule has 2 aliphatic rings. The van der Waals surface area contributed by atoms with Gasteiger partial charge in [0.1, 0.15) is 0 Å². The van der Waals surface area contributed by atoms with Crippen LogP contribution < -0.4 is 4.90 Å². The van der Waals surface area contributed by atoms with Crippen molar-refractivity contribution in [1.29, 1.82) is 0 Å². The van der Waals surface area contributed by atoms with Gasteiger partial charge >= 0.3 is 0 Å². The Balaban J connectivity index is 1.66. The van der Waals surface area contributed by atoms with Crippen molar-refractivity contribution in [2.45, 2.75) is 11.3 Å². The van der Waals surface area contributed by atoms with Crippen molar-refractivity contribution in [2.24, 2.45) is 5.92 Å². The summed E-state index contributed by atoms with van der Waals surface area (Å²) in [5, 5.41) is 0. The van der Waals surface area contributed by atoms with Gasteiger partial charge in [0.2, 0.25) is 11.8 Å². The summed E-state index contributed by atoms with van der Waals surface area (Å²) in [6, 6.07) is 7.70. The van der Waals surface area contributed by atoms with E-state index in [9.17, 15) is 18.0 Å². The van der Waals surface area contributed by atoms with Crippen LogP contribution in [0.5, 0.6) is 0 Å². The average Bonchev–Trinajstić information content (AvgIpc) is 2.96. The molecule has 0 radical (unpaired) electrons. The number of rotatable bonds is 3. The Bertz CT molecular complexity index is 732. The summed E-state index contributed by atoms with van der Waals surface area (Å²) in [5.41, 5.74) is 0.800. The number of thioether (sulfide) groups is 1. The number of sulfone groups is 1. The van der Waals surface area contributed by atoms with Crippen molar-refractivity contribution in [3.05, 3.63) is 24.3 Å². The van der Waals surface area contributed by atoms with Gasteiger partial charge in [-0.25, -0.2) is 8.42 Å². The van der Waals surface area contributed by atoms with Gasteiger partial charge in [0.15, 0.2) is 9.84 Å². The first-order valence-corrected chi connectivity index (χ1v) is 10.9. The fourth-order valence-corrected chi connectivity index (χ4v) is 4.69. The summed E-state index contributed by atoms with van der Waals surface area (Å²) >= 11 is 1.63. The number of anilines is 1. The van der Waals surface area contributed by atoms with Gasteiger partial charge in [-0.2, -0.15) is 0 Å². The van der Waals surface area contributed by atoms with Crippen LogP contribution in [0.1, 0.15) is 6.42 Å². The maximum Gasteiger partial charge on any atom is 0.228 e. The van der Waals surface area contributed by atoms with Crippen molar-refractivity contribution in [2.75, 3.05) is 42.3 Å². The predicted octanol–water partition coefficient (Wildman–Crippen LogP) is 1.02. The summed E-state index contributed by atoms with van der Waals surface area (Å²) in [5.74, 6) is -0.534. The summed E-state index contributed by atoms with van der Waals surface area (Å²) in [4.78, 5) is 29.2. The molecular formula is C16H20N2O4S2. The number of hydrogen-bond acceptors (Lipinski definition) is 5. The molecule has 0 aromatic heterocycles. The maximum absolute atomic E-state index is 12.6. The lowest BCUT2D eigenvalue weighted by molar-refractivity contribution is -0.135. The van der Waals surface area contributed by atoms with Crippen molar-refractivity contribution < 1.29 is 18.0 Å². The molecule has 0 N–H and O–H groups in total. The molecule has 3 rings (SSSR count). The van der Waals surface area contributed by atoms with Gasteiger partial charge in [-0.1, -0.05) is 0 Å². The molecule has 2 fully saturated rings. The van der Waals surface area contributed by atoms with Crippen molar-refractivity contribution in [1.82, 2.24) is 4.90 Å². The van der Waals surface area contributed by atoms with E-state index in [-0.39, 0.29) is 42.8 Å². The number of carbonyl (C=O) groups is 2. The van der Waals surface area contributed by atoms with E-state index in [1.54, 1.807) is 21.6 Å². The second-order valence-corrected chi connectivity index (χ2v) is 9.26. The summed E-state index contributed by atoms with van der Waals surface area (Å²) < 4.78 is 23.0. The van der Waals surface area contributed by atoms with Crippen LogP contribution in [0, 0.1) is 5.92 Å². The average molecular weight is 368 g/mol. The van der Waals surface area contributed by atoms with Crippen molar-refractivity contribution in [3.8, 4) is 0 Å². The monoisotopic (exact) mass is 368 g/mol. The number of amides is 2. The molecule has 1 aromatic carbocycles. The van der Waals surface area contributed by atoms with Crippen LogP contribution in [-0.2, 0) is 19.4 Å². The highest BCUT2D eigenvalue weighted by atomic mass is 32.2. The Hall–Kier alpha value is -1.54. The van der Waals surface area contributed by atoms with Crippen LogP contribution in [-0.4, -0.2) is 62.5 Å². The third-order valence-corrected chi connectivity index (χ3v) is 6.87. The second kappa shape index (κ2) is 6.76. The van der Waals surface area contributed by atoms with E-state index >= 15 is 0 Å². The summed E-state index contributed by atoms with van der Waals surface area (Å²) in [7, 11) is -3.02. The lowest BCUT2D eigenvalue weighted by atomic mass is 10.1. The van der Waals surface area contributed by atoms with Crippen LogP contribution in [0.4, 0.5) is 5.69 Å². The predicted molar refractivity (Wildman–Crippen MR) is 93.9 cm³/mol. The molecule has 2 saturated heterocycles. The van der Waals surface area contributed by atoms with E-state index in [0.29, 0.717) is 6.54 Å². The maximum atomic E-state index is 12.6. The zero-order valence-corrected chi connectivity index (χ0v) is 15.1. The van der Waals surface area contributed by atoms with Crippen LogP contribution in [0.15, 0.2) is 29.2 Å². The lowest BCUT2D eigenvalue weighted by Gasteiger charge is -2.29. The van der Waals surface area contributed by atoms with Crippen molar-refractivity contribution >= 4 is 39.1 Å². The topological polar surface area (TPSA) is 74.8 Å². The highest BCUT2D eigenvalue weighted by molar-refractivity contribution is 7.98. The van der Waals surface area contributed by atoms with Gasteiger partial charge in [-0.3, -0.25) is 9.59 Å². The minimum Gasteiger partial charge on any atom is -0.340 e. The standard InChI is InChI=1S/C16H20N2O4S2/c1-23-14-4-2-13(3-5-14)18-11-12(10-15(18)19)16(20)17-6-8-24(21,22)9-7-17/h2-5,12H,6-11H2,1H3. The largest absolute Gasteiger partial charge is 0.340 e. The van der Waals surface area contributed by atoms with Crippen LogP contribution >= 0.6 is 11.8 Å². The van der Waals surface area contributed by atoms with Gasteiger partial charge in [0.05, 0.1) is 17.4 Å². The Morgan fingerprint density at radius 1 is 1.17 bits per heavy atom. The molecule has 6 nitrogen and oxygen atoms in total. The zero-order chi connectivity index (χ0) is 17.3. The highest BCUT2D eigenvalue weighted by Crippen LogP contribution is 2.28. The first-order chi connectivity index (χ1) is 11.4. The molecule has 0 spiro atoms. The van der Waals surface area contributed by atoms with Gasteiger partial charge in [-0.15, -0.1) is 11.8 Å². The molecule has 1 unspecified atom stereocenters. The van der Waals surface area contributed by atoms with Crippen LogP contribution in [0.3, 0.4) is 0 Å². The fraction of sp³-hybridized carbons (Fsp3) is 0.500. The van der Waals surface area contributed by atoms with E-state index in [1.165, 1.54) is 0 Å². The minimum atomic E-state index is -3.02. The third-order valence-electron chi connectivity index (χ3n) is 4.51. The SMILES string of the molecule is CSc1ccc(N2CC(C(=O)N3CCS(=O)(=O)CC3)CC2=O)cc1. The number of hydrogen-bond donors (Lipinski definition) is 0. The highest BCUT2D eigenvalue weighted by Gasteiger charge is 2.38. The first kappa shape index (κ1) is 17.3. The normalized spacial score (nSPS) is 23.5. The van der Waals surface area contributed by atoms with Crippen molar-refractivity contribution in [3.63, 3.8) is 0 Å². The molecule has 0 saturated carbocycles. The van der Waals surface area contributed by atoms with Crippen LogP contribution in [0.2, 0.25) is 0 Å². The van der Waals surface area contributed by atoms with E-state index in [4.69, 9.17) is 0 Å². The lowest BCUT2D eigenvalue weighted by Crippen LogP contribution is -2.46. The number of nitrogens with zero attached hydrogens (tertiary/aromatic N) is 2. The molecule has 8 heteroatoms. The molecular weight excluding hydrogens is 348 g/mol. The summed E-state index contributed by atoms with van der Waals surface area (Å²) in [6.45, 7) is 0.822. The second-order valence-electron chi connectivity index (χ2n) is 6.08. The van der Waals surface area contributed by atoms with E-state index in [2.05, 4.69) is 0 Å². The van der Waals surface area contributed by atoms with E-state index < -0.39 is 15.8 Å². The molecule has 2 aliphatic heterocycles. The molecule has 0 aliphatic carbocycles. The molecule has 24 heavy (non-hydrogen) atoms.